The molecule has 0 saturated heterocycles. The molecule has 2 aromatic carbocycles. The van der Waals surface area contributed by atoms with E-state index in [0.29, 0.717) is 24.9 Å². The minimum absolute atomic E-state index is 0.0536. The molecule has 3 rings (SSSR count). The van der Waals surface area contributed by atoms with Gasteiger partial charge in [0.2, 0.25) is 11.8 Å². The number of nitrogens with two attached hydrogens (primary N) is 1. The maximum atomic E-state index is 14.0. The van der Waals surface area contributed by atoms with Gasteiger partial charge in [0.25, 0.3) is 5.91 Å². The van der Waals surface area contributed by atoms with Crippen molar-refractivity contribution in [2.45, 2.75) is 38.8 Å². The Kier molecular flexibility index (Phi) is 8.48. The SMILES string of the molecule is CC1CCCC(NC(=O)/C(N)=C/Nc2cccc(Cl)c2F)C(=O)NCc2ccccc2NC1=O. The first-order valence-electron chi connectivity index (χ1n) is 10.9. The molecule has 6 N–H and O–H groups in total. The summed E-state index contributed by atoms with van der Waals surface area (Å²) < 4.78 is 14.0. The number of amides is 3. The summed E-state index contributed by atoms with van der Waals surface area (Å²) in [6, 6.07) is 10.7. The number of benzene rings is 2. The van der Waals surface area contributed by atoms with E-state index in [-0.39, 0.29) is 40.7 Å². The molecular weight excluding hydrogens is 461 g/mol. The number of carbonyl (C=O) groups excluding carboxylic acids is 3. The molecule has 0 fully saturated rings. The Morgan fingerprint density at radius 3 is 2.71 bits per heavy atom. The van der Waals surface area contributed by atoms with Crippen LogP contribution in [0.1, 0.15) is 31.7 Å². The zero-order chi connectivity index (χ0) is 24.7. The highest BCUT2D eigenvalue weighted by atomic mass is 35.5. The number of para-hydroxylation sites is 1. The van der Waals surface area contributed by atoms with Gasteiger partial charge in [0.1, 0.15) is 11.7 Å². The second-order valence-corrected chi connectivity index (χ2v) is 8.47. The van der Waals surface area contributed by atoms with E-state index >= 15 is 0 Å². The number of halogens is 2. The summed E-state index contributed by atoms with van der Waals surface area (Å²) >= 11 is 5.75. The lowest BCUT2D eigenvalue weighted by Crippen LogP contribution is -2.48. The molecule has 0 radical (unpaired) electrons. The van der Waals surface area contributed by atoms with Gasteiger partial charge in [-0.1, -0.05) is 49.2 Å². The molecule has 0 spiro atoms. The van der Waals surface area contributed by atoms with Gasteiger partial charge in [0, 0.05) is 24.4 Å². The van der Waals surface area contributed by atoms with E-state index in [9.17, 15) is 18.8 Å². The number of hydrogen-bond donors (Lipinski definition) is 5. The molecule has 1 heterocycles. The lowest BCUT2D eigenvalue weighted by atomic mass is 9.99. The monoisotopic (exact) mass is 487 g/mol. The number of nitrogens with one attached hydrogen (secondary N) is 4. The van der Waals surface area contributed by atoms with Crippen molar-refractivity contribution in [3.63, 3.8) is 0 Å². The average molecular weight is 488 g/mol. The first-order valence-corrected chi connectivity index (χ1v) is 11.3. The standard InChI is InChI=1S/C24H27ClFN5O3/c1-14-6-4-11-20(24(34)29-12-15-7-2-3-9-18(15)30-22(14)32)31-23(33)17(27)13-28-19-10-5-8-16(25)21(19)26/h2-3,5,7-10,13-14,20,28H,4,6,11-12,27H2,1H3,(H,29,34)(H,30,32)(H,31,33)/b17-13-. The first kappa shape index (κ1) is 25.0. The second kappa shape index (κ2) is 11.5. The Morgan fingerprint density at radius 1 is 1.15 bits per heavy atom. The van der Waals surface area contributed by atoms with Crippen LogP contribution in [0.15, 0.2) is 54.4 Å². The molecule has 10 heteroatoms. The van der Waals surface area contributed by atoms with E-state index in [4.69, 9.17) is 17.3 Å². The van der Waals surface area contributed by atoms with Crippen LogP contribution < -0.4 is 27.0 Å². The number of carbonyl (C=O) groups is 3. The Labute approximate surface area is 202 Å². The van der Waals surface area contributed by atoms with E-state index < -0.39 is 17.8 Å². The summed E-state index contributed by atoms with van der Waals surface area (Å²) in [5.41, 5.74) is 7.03. The minimum atomic E-state index is -0.857. The summed E-state index contributed by atoms with van der Waals surface area (Å²) in [6.45, 7) is 2.00. The largest absolute Gasteiger partial charge is 0.393 e. The highest BCUT2D eigenvalue weighted by Gasteiger charge is 2.24. The van der Waals surface area contributed by atoms with Crippen molar-refractivity contribution >= 4 is 40.7 Å². The molecule has 34 heavy (non-hydrogen) atoms. The molecule has 2 aromatic rings. The third-order valence-corrected chi connectivity index (χ3v) is 5.82. The number of fused-ring (bicyclic) bond motifs is 1. The Balaban J connectivity index is 1.71. The zero-order valence-corrected chi connectivity index (χ0v) is 19.4. The Morgan fingerprint density at radius 2 is 1.91 bits per heavy atom. The fourth-order valence-corrected chi connectivity index (χ4v) is 3.64. The van der Waals surface area contributed by atoms with E-state index in [1.165, 1.54) is 12.1 Å². The van der Waals surface area contributed by atoms with Crippen molar-refractivity contribution in [1.82, 2.24) is 10.6 Å². The topological polar surface area (TPSA) is 125 Å². The highest BCUT2D eigenvalue weighted by molar-refractivity contribution is 6.31. The fourth-order valence-electron chi connectivity index (χ4n) is 3.46. The lowest BCUT2D eigenvalue weighted by Gasteiger charge is -2.22. The molecule has 8 nitrogen and oxygen atoms in total. The number of rotatable bonds is 4. The molecule has 0 aromatic heterocycles. The van der Waals surface area contributed by atoms with Crippen LogP contribution in [0, 0.1) is 11.7 Å². The molecule has 1 aliphatic heterocycles. The van der Waals surface area contributed by atoms with Crippen LogP contribution in [-0.2, 0) is 20.9 Å². The molecule has 1 aliphatic rings. The van der Waals surface area contributed by atoms with Gasteiger partial charge >= 0.3 is 0 Å². The normalized spacial score (nSPS) is 19.6. The van der Waals surface area contributed by atoms with Crippen molar-refractivity contribution in [1.29, 1.82) is 0 Å². The third kappa shape index (κ3) is 6.48. The van der Waals surface area contributed by atoms with E-state index in [1.54, 1.807) is 24.3 Å². The van der Waals surface area contributed by atoms with Crippen LogP contribution in [0.4, 0.5) is 15.8 Å². The highest BCUT2D eigenvalue weighted by Crippen LogP contribution is 2.22. The second-order valence-electron chi connectivity index (χ2n) is 8.07. The Bertz CT molecular complexity index is 1110. The molecule has 0 saturated carbocycles. The summed E-state index contributed by atoms with van der Waals surface area (Å²) in [5.74, 6) is -2.11. The molecule has 3 amide bonds. The van der Waals surface area contributed by atoms with Crippen LogP contribution in [0.2, 0.25) is 5.02 Å². The summed E-state index contributed by atoms with van der Waals surface area (Å²) in [5, 5.41) is 10.9. The van der Waals surface area contributed by atoms with Gasteiger partial charge < -0.3 is 27.0 Å². The summed E-state index contributed by atoms with van der Waals surface area (Å²) in [4.78, 5) is 38.0. The minimum Gasteiger partial charge on any atom is -0.393 e. The van der Waals surface area contributed by atoms with Crippen molar-refractivity contribution in [2.75, 3.05) is 10.6 Å². The molecule has 180 valence electrons. The van der Waals surface area contributed by atoms with Gasteiger partial charge in [-0.2, -0.15) is 0 Å². The average Bonchev–Trinajstić information content (AvgIpc) is 2.82. The first-order chi connectivity index (χ1) is 16.3. The smallest absolute Gasteiger partial charge is 0.269 e. The molecule has 2 unspecified atom stereocenters. The summed E-state index contributed by atoms with van der Waals surface area (Å²) in [6.07, 6.45) is 2.53. The zero-order valence-electron chi connectivity index (χ0n) is 18.7. The molecule has 2 atom stereocenters. The van der Waals surface area contributed by atoms with Crippen LogP contribution in [0.3, 0.4) is 0 Å². The number of anilines is 2. The predicted molar refractivity (Wildman–Crippen MR) is 129 cm³/mol. The van der Waals surface area contributed by atoms with Gasteiger partial charge in [0.15, 0.2) is 5.82 Å². The molecule has 0 bridgehead atoms. The van der Waals surface area contributed by atoms with Crippen LogP contribution >= 0.6 is 11.6 Å². The number of hydrogen-bond acceptors (Lipinski definition) is 5. The van der Waals surface area contributed by atoms with Gasteiger partial charge in [-0.05, 0) is 36.6 Å². The van der Waals surface area contributed by atoms with Gasteiger partial charge in [-0.25, -0.2) is 4.39 Å². The molecule has 0 aliphatic carbocycles. The van der Waals surface area contributed by atoms with Crippen LogP contribution in [-0.4, -0.2) is 23.8 Å². The van der Waals surface area contributed by atoms with Gasteiger partial charge in [-0.15, -0.1) is 0 Å². The van der Waals surface area contributed by atoms with Crippen molar-refractivity contribution < 1.29 is 18.8 Å². The van der Waals surface area contributed by atoms with Crippen LogP contribution in [0.5, 0.6) is 0 Å². The van der Waals surface area contributed by atoms with Gasteiger partial charge in [0.05, 0.1) is 10.7 Å². The quantitative estimate of drug-likeness (QED) is 0.423. The fraction of sp³-hybridized carbons (Fsp3) is 0.292. The lowest BCUT2D eigenvalue weighted by molar-refractivity contribution is -0.127. The summed E-state index contributed by atoms with van der Waals surface area (Å²) in [7, 11) is 0. The molecular formula is C24H27ClFN5O3. The third-order valence-electron chi connectivity index (χ3n) is 5.52. The van der Waals surface area contributed by atoms with Crippen molar-refractivity contribution in [3.8, 4) is 0 Å². The van der Waals surface area contributed by atoms with E-state index in [1.807, 2.05) is 13.0 Å². The predicted octanol–water partition coefficient (Wildman–Crippen LogP) is 3.25. The van der Waals surface area contributed by atoms with Crippen molar-refractivity contribution in [2.24, 2.45) is 11.7 Å². The van der Waals surface area contributed by atoms with Crippen molar-refractivity contribution in [3.05, 3.63) is 70.8 Å². The van der Waals surface area contributed by atoms with E-state index in [2.05, 4.69) is 21.3 Å². The maximum absolute atomic E-state index is 14.0. The van der Waals surface area contributed by atoms with Crippen LogP contribution in [0.25, 0.3) is 0 Å². The Hall–Kier alpha value is -3.59. The van der Waals surface area contributed by atoms with E-state index in [0.717, 1.165) is 11.8 Å². The van der Waals surface area contributed by atoms with Gasteiger partial charge in [-0.3, -0.25) is 14.4 Å². The maximum Gasteiger partial charge on any atom is 0.269 e.